The topological polar surface area (TPSA) is 80.2 Å². The molecule has 0 saturated carbocycles. The predicted molar refractivity (Wildman–Crippen MR) is 84.1 cm³/mol. The molecule has 2 rings (SSSR count). The zero-order valence-corrected chi connectivity index (χ0v) is 13.1. The zero-order valence-electron chi connectivity index (χ0n) is 13.1. The molecule has 21 heavy (non-hydrogen) atoms. The van der Waals surface area contributed by atoms with Gasteiger partial charge in [0.1, 0.15) is 29.0 Å². The van der Waals surface area contributed by atoms with Crippen LogP contribution in [0.2, 0.25) is 0 Å². The first-order valence-corrected chi connectivity index (χ1v) is 7.15. The molecule has 0 radical (unpaired) electrons. The van der Waals surface area contributed by atoms with Crippen LogP contribution in [0.3, 0.4) is 0 Å². The van der Waals surface area contributed by atoms with Crippen molar-refractivity contribution in [2.75, 3.05) is 17.4 Å². The summed E-state index contributed by atoms with van der Waals surface area (Å²) in [5, 5.41) is 0. The van der Waals surface area contributed by atoms with Crippen molar-refractivity contribution < 1.29 is 4.42 Å². The summed E-state index contributed by atoms with van der Waals surface area (Å²) < 4.78 is 5.62. The van der Waals surface area contributed by atoms with Gasteiger partial charge in [0.05, 0.1) is 6.54 Å². The smallest absolute Gasteiger partial charge is 0.148 e. The lowest BCUT2D eigenvalue weighted by Gasteiger charge is -2.21. The fraction of sp³-hybridized carbons (Fsp3) is 0.467. The van der Waals surface area contributed by atoms with Crippen LogP contribution >= 0.6 is 0 Å². The van der Waals surface area contributed by atoms with Crippen molar-refractivity contribution >= 4 is 11.6 Å². The molecule has 2 aromatic heterocycles. The molecule has 0 amide bonds. The molecule has 0 unspecified atom stereocenters. The highest BCUT2D eigenvalue weighted by Gasteiger charge is 2.15. The highest BCUT2D eigenvalue weighted by Crippen LogP contribution is 2.24. The van der Waals surface area contributed by atoms with Gasteiger partial charge in [-0.15, -0.1) is 0 Å². The van der Waals surface area contributed by atoms with Gasteiger partial charge in [-0.2, -0.15) is 0 Å². The quantitative estimate of drug-likeness (QED) is 0.628. The van der Waals surface area contributed by atoms with Gasteiger partial charge in [0.25, 0.3) is 0 Å². The Bertz CT molecular complexity index is 608. The molecule has 114 valence electrons. The van der Waals surface area contributed by atoms with Gasteiger partial charge in [-0.25, -0.2) is 15.8 Å². The third kappa shape index (κ3) is 3.52. The Morgan fingerprint density at radius 3 is 2.62 bits per heavy atom. The van der Waals surface area contributed by atoms with Crippen molar-refractivity contribution in [2.24, 2.45) is 5.84 Å². The molecule has 0 bridgehead atoms. The summed E-state index contributed by atoms with van der Waals surface area (Å²) in [5.41, 5.74) is 3.59. The van der Waals surface area contributed by atoms with Crippen LogP contribution in [0.25, 0.3) is 0 Å². The molecular weight excluding hydrogens is 266 g/mol. The molecule has 0 atom stereocenters. The number of nitrogens with two attached hydrogens (primary N) is 1. The molecule has 0 saturated heterocycles. The predicted octanol–water partition coefficient (Wildman–Crippen LogP) is 2.56. The van der Waals surface area contributed by atoms with E-state index in [9.17, 15) is 0 Å². The highest BCUT2D eigenvalue weighted by molar-refractivity contribution is 5.57. The first kappa shape index (κ1) is 15.3. The number of anilines is 2. The molecule has 2 aromatic rings. The summed E-state index contributed by atoms with van der Waals surface area (Å²) in [6.07, 6.45) is 1.82. The summed E-state index contributed by atoms with van der Waals surface area (Å²) in [6.45, 7) is 6.66. The van der Waals surface area contributed by atoms with Crippen LogP contribution in [0.5, 0.6) is 0 Å². The maximum absolute atomic E-state index is 5.62. The highest BCUT2D eigenvalue weighted by atomic mass is 16.3. The second kappa shape index (κ2) is 6.58. The van der Waals surface area contributed by atoms with Gasteiger partial charge in [-0.1, -0.05) is 6.92 Å². The van der Waals surface area contributed by atoms with Crippen LogP contribution in [0.1, 0.15) is 36.3 Å². The SMILES string of the molecule is CCCc1nc(NN)c(C)c(N(C)Cc2ccc(C)o2)n1. The van der Waals surface area contributed by atoms with E-state index in [2.05, 4.69) is 27.2 Å². The van der Waals surface area contributed by atoms with Gasteiger partial charge in [0.2, 0.25) is 0 Å². The minimum atomic E-state index is 0.654. The van der Waals surface area contributed by atoms with E-state index in [0.717, 1.165) is 41.6 Å². The molecule has 0 aliphatic heterocycles. The Labute approximate surface area is 125 Å². The van der Waals surface area contributed by atoms with Gasteiger partial charge in [0.15, 0.2) is 0 Å². The van der Waals surface area contributed by atoms with Gasteiger partial charge in [-0.05, 0) is 32.4 Å². The van der Waals surface area contributed by atoms with E-state index in [-0.39, 0.29) is 0 Å². The van der Waals surface area contributed by atoms with Crippen molar-refractivity contribution in [3.63, 3.8) is 0 Å². The molecule has 0 aliphatic carbocycles. The second-order valence-electron chi connectivity index (χ2n) is 5.20. The second-order valence-corrected chi connectivity index (χ2v) is 5.20. The van der Waals surface area contributed by atoms with Crippen molar-refractivity contribution in [1.82, 2.24) is 9.97 Å². The van der Waals surface area contributed by atoms with E-state index in [1.54, 1.807) is 0 Å². The number of hydrogen-bond acceptors (Lipinski definition) is 6. The lowest BCUT2D eigenvalue weighted by atomic mass is 10.2. The zero-order chi connectivity index (χ0) is 15.4. The Kier molecular flexibility index (Phi) is 4.80. The minimum absolute atomic E-state index is 0.654. The van der Waals surface area contributed by atoms with Crippen molar-refractivity contribution in [2.45, 2.75) is 40.2 Å². The van der Waals surface area contributed by atoms with E-state index in [4.69, 9.17) is 10.3 Å². The maximum Gasteiger partial charge on any atom is 0.148 e. The Hall–Kier alpha value is -2.08. The van der Waals surface area contributed by atoms with Crippen LogP contribution in [-0.4, -0.2) is 17.0 Å². The average molecular weight is 289 g/mol. The van der Waals surface area contributed by atoms with Crippen molar-refractivity contribution in [3.8, 4) is 0 Å². The van der Waals surface area contributed by atoms with Crippen LogP contribution < -0.4 is 16.2 Å². The maximum atomic E-state index is 5.62. The fourth-order valence-electron chi connectivity index (χ4n) is 2.28. The largest absolute Gasteiger partial charge is 0.464 e. The molecule has 6 nitrogen and oxygen atoms in total. The molecule has 0 aromatic carbocycles. The first-order chi connectivity index (χ1) is 10.0. The number of nitrogens with one attached hydrogen (secondary N) is 1. The number of rotatable bonds is 6. The first-order valence-electron chi connectivity index (χ1n) is 7.15. The monoisotopic (exact) mass is 289 g/mol. The lowest BCUT2D eigenvalue weighted by Crippen LogP contribution is -2.22. The van der Waals surface area contributed by atoms with Gasteiger partial charge in [-0.3, -0.25) is 0 Å². The lowest BCUT2D eigenvalue weighted by molar-refractivity contribution is 0.481. The Morgan fingerprint density at radius 2 is 2.05 bits per heavy atom. The average Bonchev–Trinajstić information content (AvgIpc) is 2.86. The minimum Gasteiger partial charge on any atom is -0.464 e. The number of nitrogen functional groups attached to an aromatic ring is 1. The molecule has 0 spiro atoms. The molecule has 0 aliphatic rings. The van der Waals surface area contributed by atoms with Crippen LogP contribution in [0.4, 0.5) is 11.6 Å². The third-order valence-corrected chi connectivity index (χ3v) is 3.33. The number of aryl methyl sites for hydroxylation is 2. The summed E-state index contributed by atoms with van der Waals surface area (Å²) in [5.74, 6) is 9.73. The van der Waals surface area contributed by atoms with E-state index in [1.807, 2.05) is 33.0 Å². The normalized spacial score (nSPS) is 10.7. The van der Waals surface area contributed by atoms with Crippen LogP contribution in [-0.2, 0) is 13.0 Å². The molecule has 6 heteroatoms. The summed E-state index contributed by atoms with van der Waals surface area (Å²) >= 11 is 0. The molecular formula is C15H23N5O. The molecule has 0 fully saturated rings. The van der Waals surface area contributed by atoms with E-state index < -0.39 is 0 Å². The number of nitrogens with zero attached hydrogens (tertiary/aromatic N) is 3. The van der Waals surface area contributed by atoms with Gasteiger partial charge >= 0.3 is 0 Å². The Balaban J connectivity index is 2.29. The summed E-state index contributed by atoms with van der Waals surface area (Å²) in [4.78, 5) is 11.1. The van der Waals surface area contributed by atoms with Gasteiger partial charge < -0.3 is 14.7 Å². The van der Waals surface area contributed by atoms with Crippen LogP contribution in [0.15, 0.2) is 16.5 Å². The third-order valence-electron chi connectivity index (χ3n) is 3.33. The van der Waals surface area contributed by atoms with Crippen molar-refractivity contribution in [1.29, 1.82) is 0 Å². The van der Waals surface area contributed by atoms with Gasteiger partial charge in [0, 0.05) is 19.0 Å². The standard InChI is InChI=1S/C15H23N5O/c1-5-6-13-17-14(19-16)11(3)15(18-13)20(4)9-12-8-7-10(2)21-12/h7-8H,5-6,9,16H2,1-4H3,(H,17,18,19). The van der Waals surface area contributed by atoms with E-state index in [1.165, 1.54) is 0 Å². The molecule has 3 N–H and O–H groups in total. The van der Waals surface area contributed by atoms with Crippen molar-refractivity contribution in [3.05, 3.63) is 35.0 Å². The summed E-state index contributed by atoms with van der Waals surface area (Å²) in [6, 6.07) is 3.95. The van der Waals surface area contributed by atoms with E-state index in [0.29, 0.717) is 12.4 Å². The number of hydrazine groups is 1. The number of aromatic nitrogens is 2. The number of furan rings is 1. The van der Waals surface area contributed by atoms with E-state index >= 15 is 0 Å². The fourth-order valence-corrected chi connectivity index (χ4v) is 2.28. The number of hydrogen-bond donors (Lipinski definition) is 2. The Morgan fingerprint density at radius 1 is 1.29 bits per heavy atom. The molecule has 2 heterocycles. The summed E-state index contributed by atoms with van der Waals surface area (Å²) in [7, 11) is 1.99. The van der Waals surface area contributed by atoms with Crippen LogP contribution in [0, 0.1) is 13.8 Å².